The first-order valence-electron chi connectivity index (χ1n) is 8.24. The SMILES string of the molecule is O=C(Nc1ccc(N2CCCCC2)cc1C(=O)O)c1ccccc1Cl. The van der Waals surface area contributed by atoms with E-state index in [1.54, 1.807) is 36.4 Å². The minimum atomic E-state index is -1.08. The number of carboxylic acids is 1. The molecule has 2 aromatic rings. The number of anilines is 2. The van der Waals surface area contributed by atoms with E-state index in [0.29, 0.717) is 10.6 Å². The highest BCUT2D eigenvalue weighted by Gasteiger charge is 2.18. The Morgan fingerprint density at radius 3 is 2.40 bits per heavy atom. The van der Waals surface area contributed by atoms with Crippen LogP contribution in [0.25, 0.3) is 0 Å². The van der Waals surface area contributed by atoms with E-state index in [1.807, 2.05) is 6.07 Å². The van der Waals surface area contributed by atoms with Gasteiger partial charge in [0.15, 0.2) is 0 Å². The van der Waals surface area contributed by atoms with Gasteiger partial charge in [-0.3, -0.25) is 4.79 Å². The minimum Gasteiger partial charge on any atom is -0.478 e. The largest absolute Gasteiger partial charge is 0.478 e. The zero-order valence-electron chi connectivity index (χ0n) is 13.7. The lowest BCUT2D eigenvalue weighted by Crippen LogP contribution is -2.29. The van der Waals surface area contributed by atoms with Gasteiger partial charge in [0, 0.05) is 18.8 Å². The number of carbonyl (C=O) groups is 2. The second-order valence-electron chi connectivity index (χ2n) is 6.02. The summed E-state index contributed by atoms with van der Waals surface area (Å²) < 4.78 is 0. The minimum absolute atomic E-state index is 0.0727. The molecule has 0 atom stereocenters. The number of nitrogens with one attached hydrogen (secondary N) is 1. The Morgan fingerprint density at radius 2 is 1.72 bits per heavy atom. The summed E-state index contributed by atoms with van der Waals surface area (Å²) in [4.78, 5) is 26.2. The third kappa shape index (κ3) is 3.94. The molecule has 0 aromatic heterocycles. The van der Waals surface area contributed by atoms with E-state index >= 15 is 0 Å². The van der Waals surface area contributed by atoms with E-state index in [-0.39, 0.29) is 11.3 Å². The molecule has 3 rings (SSSR count). The van der Waals surface area contributed by atoms with Gasteiger partial charge in [-0.1, -0.05) is 23.7 Å². The van der Waals surface area contributed by atoms with Gasteiger partial charge in [0.25, 0.3) is 5.91 Å². The Bertz CT molecular complexity index is 801. The number of aromatic carboxylic acids is 1. The summed E-state index contributed by atoms with van der Waals surface area (Å²) in [5, 5.41) is 12.5. The van der Waals surface area contributed by atoms with E-state index in [1.165, 1.54) is 6.42 Å². The zero-order valence-corrected chi connectivity index (χ0v) is 14.4. The molecule has 0 spiro atoms. The Morgan fingerprint density at radius 1 is 1.00 bits per heavy atom. The van der Waals surface area contributed by atoms with Crippen LogP contribution in [0.15, 0.2) is 42.5 Å². The van der Waals surface area contributed by atoms with E-state index in [0.717, 1.165) is 31.6 Å². The number of rotatable bonds is 4. The molecule has 0 aliphatic carbocycles. The lowest BCUT2D eigenvalue weighted by molar-refractivity contribution is 0.0698. The van der Waals surface area contributed by atoms with Gasteiger partial charge >= 0.3 is 5.97 Å². The standard InChI is InChI=1S/C19H19ClN2O3/c20-16-7-3-2-6-14(16)18(23)21-17-9-8-13(12-15(17)19(24)25)22-10-4-1-5-11-22/h2-3,6-9,12H,1,4-5,10-11H2,(H,21,23)(H,24,25). The van der Waals surface area contributed by atoms with Crippen LogP contribution in [0.3, 0.4) is 0 Å². The Balaban J connectivity index is 1.87. The number of carboxylic acid groups (broad SMARTS) is 1. The number of carbonyl (C=O) groups excluding carboxylic acids is 1. The molecule has 0 unspecified atom stereocenters. The molecule has 6 heteroatoms. The van der Waals surface area contributed by atoms with Crippen LogP contribution in [-0.2, 0) is 0 Å². The van der Waals surface area contributed by atoms with Crippen molar-refractivity contribution in [2.75, 3.05) is 23.3 Å². The van der Waals surface area contributed by atoms with Gasteiger partial charge in [-0.25, -0.2) is 4.79 Å². The lowest BCUT2D eigenvalue weighted by atomic mass is 10.1. The molecular weight excluding hydrogens is 340 g/mol. The first-order valence-corrected chi connectivity index (χ1v) is 8.62. The van der Waals surface area contributed by atoms with Crippen LogP contribution >= 0.6 is 11.6 Å². The van der Waals surface area contributed by atoms with Gasteiger partial charge in [-0.15, -0.1) is 0 Å². The Labute approximate surface area is 151 Å². The Kier molecular flexibility index (Phi) is 5.24. The summed E-state index contributed by atoms with van der Waals surface area (Å²) in [6.07, 6.45) is 3.41. The van der Waals surface area contributed by atoms with Gasteiger partial charge < -0.3 is 15.3 Å². The summed E-state index contributed by atoms with van der Waals surface area (Å²) in [6.45, 7) is 1.84. The van der Waals surface area contributed by atoms with Crippen LogP contribution in [0.1, 0.15) is 40.0 Å². The van der Waals surface area contributed by atoms with Crippen molar-refractivity contribution in [3.63, 3.8) is 0 Å². The molecule has 1 fully saturated rings. The number of piperidine rings is 1. The summed E-state index contributed by atoms with van der Waals surface area (Å²) in [5.41, 5.74) is 1.51. The number of hydrogen-bond donors (Lipinski definition) is 2. The molecule has 0 bridgehead atoms. The first kappa shape index (κ1) is 17.3. The van der Waals surface area contributed by atoms with Crippen LogP contribution < -0.4 is 10.2 Å². The molecule has 25 heavy (non-hydrogen) atoms. The van der Waals surface area contributed by atoms with Crippen molar-refractivity contribution in [1.82, 2.24) is 0 Å². The number of hydrogen-bond acceptors (Lipinski definition) is 3. The normalized spacial score (nSPS) is 14.2. The quantitative estimate of drug-likeness (QED) is 0.855. The first-order chi connectivity index (χ1) is 12.1. The van der Waals surface area contributed by atoms with Crippen molar-refractivity contribution in [3.05, 3.63) is 58.6 Å². The van der Waals surface area contributed by atoms with Crippen molar-refractivity contribution in [2.45, 2.75) is 19.3 Å². The molecule has 130 valence electrons. The van der Waals surface area contributed by atoms with Crippen LogP contribution in [0.5, 0.6) is 0 Å². The molecule has 2 N–H and O–H groups in total. The highest BCUT2D eigenvalue weighted by molar-refractivity contribution is 6.34. The number of nitrogens with zero attached hydrogens (tertiary/aromatic N) is 1. The van der Waals surface area contributed by atoms with Crippen LogP contribution in [0.4, 0.5) is 11.4 Å². The smallest absolute Gasteiger partial charge is 0.337 e. The molecular formula is C19H19ClN2O3. The number of benzene rings is 2. The highest BCUT2D eigenvalue weighted by Crippen LogP contribution is 2.27. The molecule has 1 saturated heterocycles. The highest BCUT2D eigenvalue weighted by atomic mass is 35.5. The zero-order chi connectivity index (χ0) is 17.8. The number of halogens is 1. The monoisotopic (exact) mass is 358 g/mol. The van der Waals surface area contributed by atoms with E-state index in [2.05, 4.69) is 10.2 Å². The van der Waals surface area contributed by atoms with Crippen LogP contribution in [-0.4, -0.2) is 30.1 Å². The molecule has 1 aliphatic heterocycles. The van der Waals surface area contributed by atoms with Gasteiger partial charge in [0.05, 0.1) is 21.8 Å². The van der Waals surface area contributed by atoms with E-state index in [9.17, 15) is 14.7 Å². The molecule has 5 nitrogen and oxygen atoms in total. The molecule has 1 heterocycles. The maximum absolute atomic E-state index is 12.4. The van der Waals surface area contributed by atoms with Crippen molar-refractivity contribution < 1.29 is 14.7 Å². The van der Waals surface area contributed by atoms with Crippen LogP contribution in [0, 0.1) is 0 Å². The summed E-state index contributed by atoms with van der Waals surface area (Å²) in [5.74, 6) is -1.51. The van der Waals surface area contributed by atoms with E-state index < -0.39 is 11.9 Å². The third-order valence-corrected chi connectivity index (χ3v) is 4.65. The van der Waals surface area contributed by atoms with Crippen molar-refractivity contribution in [2.24, 2.45) is 0 Å². The average molecular weight is 359 g/mol. The fraction of sp³-hybridized carbons (Fsp3) is 0.263. The fourth-order valence-electron chi connectivity index (χ4n) is 3.00. The summed E-state index contributed by atoms with van der Waals surface area (Å²) in [7, 11) is 0. The third-order valence-electron chi connectivity index (χ3n) is 4.32. The molecule has 2 aromatic carbocycles. The van der Waals surface area contributed by atoms with Gasteiger partial charge in [-0.05, 0) is 49.6 Å². The Hall–Kier alpha value is -2.53. The second-order valence-corrected chi connectivity index (χ2v) is 6.42. The molecule has 0 radical (unpaired) electrons. The number of amides is 1. The summed E-state index contributed by atoms with van der Waals surface area (Å²) in [6, 6.07) is 11.8. The predicted molar refractivity (Wildman–Crippen MR) is 98.9 cm³/mol. The van der Waals surface area contributed by atoms with E-state index in [4.69, 9.17) is 11.6 Å². The average Bonchev–Trinajstić information content (AvgIpc) is 2.63. The van der Waals surface area contributed by atoms with Crippen molar-refractivity contribution in [3.8, 4) is 0 Å². The molecule has 1 aliphatic rings. The van der Waals surface area contributed by atoms with Crippen molar-refractivity contribution in [1.29, 1.82) is 0 Å². The maximum atomic E-state index is 12.4. The molecule has 0 saturated carbocycles. The van der Waals surface area contributed by atoms with Gasteiger partial charge in [-0.2, -0.15) is 0 Å². The van der Waals surface area contributed by atoms with Crippen molar-refractivity contribution >= 4 is 34.9 Å². The van der Waals surface area contributed by atoms with Gasteiger partial charge in [0.2, 0.25) is 0 Å². The fourth-order valence-corrected chi connectivity index (χ4v) is 3.22. The maximum Gasteiger partial charge on any atom is 0.337 e. The lowest BCUT2D eigenvalue weighted by Gasteiger charge is -2.29. The second kappa shape index (κ2) is 7.57. The molecule has 1 amide bonds. The van der Waals surface area contributed by atoms with Gasteiger partial charge in [0.1, 0.15) is 0 Å². The summed E-state index contributed by atoms with van der Waals surface area (Å²) >= 11 is 6.03. The predicted octanol–water partition coefficient (Wildman–Crippen LogP) is 4.28. The van der Waals surface area contributed by atoms with Crippen LogP contribution in [0.2, 0.25) is 5.02 Å². The topological polar surface area (TPSA) is 69.6 Å².